The number of hydrogen-bond donors (Lipinski definition) is 1. The molecule has 1 N–H and O–H groups in total. The molecule has 4 rings (SSSR count). The zero-order valence-corrected chi connectivity index (χ0v) is 26.5. The van der Waals surface area contributed by atoms with Gasteiger partial charge in [-0.3, -0.25) is 14.5 Å². The van der Waals surface area contributed by atoms with Crippen LogP contribution in [0.3, 0.4) is 0 Å². The topological polar surface area (TPSA) is 80.3 Å². The summed E-state index contributed by atoms with van der Waals surface area (Å²) in [5, 5.41) is 3.12. The van der Waals surface area contributed by atoms with Gasteiger partial charge in [0.05, 0.1) is 13.2 Å². The number of aryl methyl sites for hydroxylation is 1. The van der Waals surface area contributed by atoms with Gasteiger partial charge in [-0.05, 0) is 100 Å². The number of nitrogens with zero attached hydrogens (tertiary/aromatic N) is 2. The Morgan fingerprint density at radius 2 is 1.63 bits per heavy atom. The Labute approximate surface area is 258 Å². The molecular formula is C35H51N3O5. The van der Waals surface area contributed by atoms with E-state index in [0.717, 1.165) is 93.1 Å². The average Bonchev–Trinajstić information content (AvgIpc) is 3.01. The van der Waals surface area contributed by atoms with Crippen molar-refractivity contribution >= 4 is 17.5 Å². The summed E-state index contributed by atoms with van der Waals surface area (Å²) in [5.74, 6) is 1.49. The van der Waals surface area contributed by atoms with Crippen LogP contribution in [0.1, 0.15) is 93.6 Å². The highest BCUT2D eigenvalue weighted by atomic mass is 16.5. The Kier molecular flexibility index (Phi) is 13.2. The molecule has 2 aromatic carbocycles. The molecule has 1 saturated heterocycles. The molecular weight excluding hydrogens is 542 g/mol. The van der Waals surface area contributed by atoms with Gasteiger partial charge in [-0.25, -0.2) is 0 Å². The smallest absolute Gasteiger partial charge is 0.251 e. The number of nitrogens with one attached hydrogen (secondary N) is 1. The number of rotatable bonds is 10. The van der Waals surface area contributed by atoms with Crippen molar-refractivity contribution in [2.45, 2.75) is 91.1 Å². The van der Waals surface area contributed by atoms with Gasteiger partial charge in [-0.2, -0.15) is 0 Å². The van der Waals surface area contributed by atoms with Crippen LogP contribution in [0, 0.1) is 0 Å². The Hall–Kier alpha value is -3.10. The summed E-state index contributed by atoms with van der Waals surface area (Å²) in [6.45, 7) is 11.4. The lowest BCUT2D eigenvalue weighted by Crippen LogP contribution is -2.40. The van der Waals surface area contributed by atoms with Crippen molar-refractivity contribution in [1.29, 1.82) is 0 Å². The van der Waals surface area contributed by atoms with Crippen molar-refractivity contribution in [3.63, 3.8) is 0 Å². The molecule has 0 atom stereocenters. The molecule has 2 aromatic rings. The number of anilines is 1. The second-order valence-electron chi connectivity index (χ2n) is 11.6. The van der Waals surface area contributed by atoms with Crippen LogP contribution in [0.25, 0.3) is 0 Å². The number of amides is 2. The van der Waals surface area contributed by atoms with Gasteiger partial charge in [0.1, 0.15) is 0 Å². The maximum Gasteiger partial charge on any atom is 0.251 e. The first-order valence-corrected chi connectivity index (χ1v) is 16.4. The Morgan fingerprint density at radius 1 is 0.907 bits per heavy atom. The van der Waals surface area contributed by atoms with E-state index in [1.165, 1.54) is 19.3 Å². The zero-order valence-electron chi connectivity index (χ0n) is 26.5. The second-order valence-corrected chi connectivity index (χ2v) is 11.6. The van der Waals surface area contributed by atoms with E-state index in [1.807, 2.05) is 49.1 Å². The lowest BCUT2D eigenvalue weighted by molar-refractivity contribution is -0.116. The van der Waals surface area contributed by atoms with Gasteiger partial charge in [0, 0.05) is 57.1 Å². The first kappa shape index (κ1) is 32.8. The maximum absolute atomic E-state index is 13.3. The molecule has 0 saturated carbocycles. The van der Waals surface area contributed by atoms with E-state index in [0.29, 0.717) is 37.9 Å². The predicted molar refractivity (Wildman–Crippen MR) is 171 cm³/mol. The van der Waals surface area contributed by atoms with Crippen LogP contribution < -0.4 is 19.7 Å². The average molecular weight is 594 g/mol. The van der Waals surface area contributed by atoms with Crippen LogP contribution in [0.5, 0.6) is 11.5 Å². The minimum absolute atomic E-state index is 0.0508. The van der Waals surface area contributed by atoms with Crippen molar-refractivity contribution in [3.8, 4) is 11.5 Å². The summed E-state index contributed by atoms with van der Waals surface area (Å²) in [6.07, 6.45) is 9.37. The molecule has 2 amide bonds. The van der Waals surface area contributed by atoms with Crippen molar-refractivity contribution in [3.05, 3.63) is 53.1 Å². The number of ether oxygens (including phenoxy) is 3. The fourth-order valence-electron chi connectivity index (χ4n) is 6.19. The first-order chi connectivity index (χ1) is 21.0. The van der Waals surface area contributed by atoms with Crippen LogP contribution in [-0.2, 0) is 22.5 Å². The van der Waals surface area contributed by atoms with Gasteiger partial charge in [0.25, 0.3) is 5.91 Å². The van der Waals surface area contributed by atoms with Crippen LogP contribution in [0.4, 0.5) is 5.69 Å². The number of fused-ring (bicyclic) bond motifs is 1. The second kappa shape index (κ2) is 17.3. The summed E-state index contributed by atoms with van der Waals surface area (Å²) in [6, 6.07) is 12.4. The summed E-state index contributed by atoms with van der Waals surface area (Å²) in [7, 11) is 0. The molecule has 8 nitrogen and oxygen atoms in total. The molecule has 0 aromatic heterocycles. The van der Waals surface area contributed by atoms with Crippen molar-refractivity contribution in [1.82, 2.24) is 10.2 Å². The quantitative estimate of drug-likeness (QED) is 0.333. The van der Waals surface area contributed by atoms with E-state index >= 15 is 0 Å². The summed E-state index contributed by atoms with van der Waals surface area (Å²) in [4.78, 5) is 30.6. The van der Waals surface area contributed by atoms with Gasteiger partial charge in [-0.1, -0.05) is 25.3 Å². The van der Waals surface area contributed by atoms with Gasteiger partial charge < -0.3 is 24.4 Å². The normalized spacial score (nSPS) is 17.3. The van der Waals surface area contributed by atoms with E-state index in [4.69, 9.17) is 14.2 Å². The van der Waals surface area contributed by atoms with Gasteiger partial charge in [0.2, 0.25) is 5.91 Å². The van der Waals surface area contributed by atoms with Crippen molar-refractivity contribution in [2.75, 3.05) is 51.0 Å². The molecule has 0 spiro atoms. The number of carbonyl (C=O) groups excluding carboxylic acids is 2. The minimum Gasteiger partial charge on any atom is -0.490 e. The van der Waals surface area contributed by atoms with Crippen LogP contribution in [0.2, 0.25) is 0 Å². The zero-order chi connectivity index (χ0) is 30.4. The SMILES string of the molecule is CCOc1ccc(CCCNC(=O)c2ccc3c(c2)CN(C2CCOCC2)CCCCCCCN3C(C)=O)cc1OCC. The number of hydrogen-bond acceptors (Lipinski definition) is 6. The molecule has 0 bridgehead atoms. The monoisotopic (exact) mass is 593 g/mol. The molecule has 0 unspecified atom stereocenters. The van der Waals surface area contributed by atoms with Gasteiger partial charge in [0.15, 0.2) is 11.5 Å². The van der Waals surface area contributed by atoms with Gasteiger partial charge >= 0.3 is 0 Å². The fraction of sp³-hybridized carbons (Fsp3) is 0.600. The molecule has 2 aliphatic heterocycles. The van der Waals surface area contributed by atoms with Crippen LogP contribution in [-0.4, -0.2) is 68.8 Å². The third kappa shape index (κ3) is 9.70. The molecule has 0 radical (unpaired) electrons. The molecule has 43 heavy (non-hydrogen) atoms. The number of carbonyl (C=O) groups is 2. The molecule has 8 heteroatoms. The van der Waals surface area contributed by atoms with E-state index in [9.17, 15) is 9.59 Å². The number of benzene rings is 2. The van der Waals surface area contributed by atoms with E-state index in [-0.39, 0.29) is 11.8 Å². The highest BCUT2D eigenvalue weighted by Crippen LogP contribution is 2.30. The standard InChI is InChI=1S/C35H51N3O5/c1-4-42-33-16-13-28(24-34(33)43-5-2)12-11-19-36-35(40)29-14-15-32-30(25-29)26-37(31-17-22-41-23-18-31)20-9-7-6-8-10-21-38(32)27(3)39/h13-16,24-25,31H,4-12,17-23,26H2,1-3H3,(H,36,40). The molecule has 2 aliphatic rings. The highest BCUT2D eigenvalue weighted by Gasteiger charge is 2.25. The van der Waals surface area contributed by atoms with Crippen molar-refractivity contribution < 1.29 is 23.8 Å². The van der Waals surface area contributed by atoms with E-state index in [2.05, 4.69) is 16.3 Å². The van der Waals surface area contributed by atoms with E-state index in [1.54, 1.807) is 6.92 Å². The summed E-state index contributed by atoms with van der Waals surface area (Å²) in [5.41, 5.74) is 3.77. The molecule has 1 fully saturated rings. The lowest BCUT2D eigenvalue weighted by atomic mass is 10.0. The Morgan fingerprint density at radius 3 is 2.37 bits per heavy atom. The predicted octanol–water partition coefficient (Wildman–Crippen LogP) is 6.14. The molecule has 0 aliphatic carbocycles. The highest BCUT2D eigenvalue weighted by molar-refractivity contribution is 5.97. The van der Waals surface area contributed by atoms with Crippen molar-refractivity contribution in [2.24, 2.45) is 0 Å². The fourth-order valence-corrected chi connectivity index (χ4v) is 6.19. The Bertz CT molecular complexity index is 1180. The first-order valence-electron chi connectivity index (χ1n) is 16.4. The molecule has 2 heterocycles. The summed E-state index contributed by atoms with van der Waals surface area (Å²) < 4.78 is 17.1. The summed E-state index contributed by atoms with van der Waals surface area (Å²) >= 11 is 0. The third-order valence-corrected chi connectivity index (χ3v) is 8.46. The Balaban J connectivity index is 1.46. The van der Waals surface area contributed by atoms with Crippen LogP contribution >= 0.6 is 0 Å². The largest absolute Gasteiger partial charge is 0.490 e. The van der Waals surface area contributed by atoms with Crippen LogP contribution in [0.15, 0.2) is 36.4 Å². The maximum atomic E-state index is 13.3. The lowest BCUT2D eigenvalue weighted by Gasteiger charge is -2.36. The molecule has 236 valence electrons. The minimum atomic E-state index is -0.0809. The van der Waals surface area contributed by atoms with Gasteiger partial charge in [-0.15, -0.1) is 0 Å². The third-order valence-electron chi connectivity index (χ3n) is 8.46. The van der Waals surface area contributed by atoms with E-state index < -0.39 is 0 Å².